The second-order valence-electron chi connectivity index (χ2n) is 5.11. The first-order valence-corrected chi connectivity index (χ1v) is 8.24. The lowest BCUT2D eigenvalue weighted by molar-refractivity contribution is -0.120. The highest BCUT2D eigenvalue weighted by atomic mass is 79.9. The molecule has 2 amide bonds. The zero-order chi connectivity index (χ0) is 16.7. The summed E-state index contributed by atoms with van der Waals surface area (Å²) in [5.41, 5.74) is 1.19. The third kappa shape index (κ3) is 5.25. The Morgan fingerprint density at radius 1 is 1.13 bits per heavy atom. The number of benzene rings is 1. The van der Waals surface area contributed by atoms with Gasteiger partial charge in [0.1, 0.15) is 0 Å². The number of carbonyl (C=O) groups excluding carboxylic acids is 2. The van der Waals surface area contributed by atoms with Crippen LogP contribution in [0.25, 0.3) is 0 Å². The average Bonchev–Trinajstić information content (AvgIpc) is 3.01. The molecule has 1 heterocycles. The third-order valence-electron chi connectivity index (χ3n) is 3.52. The fourth-order valence-corrected chi connectivity index (χ4v) is 2.51. The summed E-state index contributed by atoms with van der Waals surface area (Å²) >= 11 is 3.13. The number of halogens is 1. The summed E-state index contributed by atoms with van der Waals surface area (Å²) in [4.78, 5) is 23.6. The number of furan rings is 1. The fraction of sp³-hybridized carbons (Fsp3) is 0.294. The van der Waals surface area contributed by atoms with Crippen LogP contribution in [0.4, 0.5) is 0 Å². The second kappa shape index (κ2) is 8.53. The number of carbonyl (C=O) groups is 2. The molecule has 0 aliphatic rings. The smallest absolute Gasteiger partial charge is 0.287 e. The molecule has 0 saturated carbocycles. The van der Waals surface area contributed by atoms with Crippen LogP contribution in [0, 0.1) is 0 Å². The van der Waals surface area contributed by atoms with Crippen molar-refractivity contribution < 1.29 is 14.0 Å². The molecule has 0 radical (unpaired) electrons. The minimum Gasteiger partial charge on any atom is -0.444 e. The number of rotatable bonds is 7. The Morgan fingerprint density at radius 2 is 1.87 bits per heavy atom. The zero-order valence-electron chi connectivity index (χ0n) is 12.8. The molecular formula is C17H19BrN2O3. The summed E-state index contributed by atoms with van der Waals surface area (Å²) < 4.78 is 5.60. The van der Waals surface area contributed by atoms with Crippen molar-refractivity contribution in [2.45, 2.75) is 19.3 Å². The maximum Gasteiger partial charge on any atom is 0.287 e. The first kappa shape index (κ1) is 17.3. The number of hydrogen-bond donors (Lipinski definition) is 2. The Bertz CT molecular complexity index is 655. The van der Waals surface area contributed by atoms with E-state index in [0.29, 0.717) is 11.2 Å². The molecule has 0 fully saturated rings. The lowest BCUT2D eigenvalue weighted by Gasteiger charge is -2.16. The van der Waals surface area contributed by atoms with Crippen LogP contribution in [0.3, 0.4) is 0 Å². The van der Waals surface area contributed by atoms with E-state index in [9.17, 15) is 9.59 Å². The molecule has 1 aromatic carbocycles. The molecule has 23 heavy (non-hydrogen) atoms. The highest BCUT2D eigenvalue weighted by Crippen LogP contribution is 2.17. The lowest BCUT2D eigenvalue weighted by atomic mass is 9.96. The van der Waals surface area contributed by atoms with Crippen LogP contribution in [0.15, 0.2) is 51.6 Å². The van der Waals surface area contributed by atoms with E-state index in [2.05, 4.69) is 45.6 Å². The summed E-state index contributed by atoms with van der Waals surface area (Å²) in [6.45, 7) is 2.55. The largest absolute Gasteiger partial charge is 0.444 e. The van der Waals surface area contributed by atoms with Crippen molar-refractivity contribution in [1.82, 2.24) is 10.6 Å². The van der Waals surface area contributed by atoms with Crippen molar-refractivity contribution >= 4 is 27.7 Å². The van der Waals surface area contributed by atoms with Gasteiger partial charge in [0.2, 0.25) is 5.91 Å². The molecule has 2 N–H and O–H groups in total. The Balaban J connectivity index is 1.77. The third-order valence-corrected chi connectivity index (χ3v) is 3.94. The molecule has 6 heteroatoms. The molecule has 1 atom stereocenters. The van der Waals surface area contributed by atoms with Gasteiger partial charge < -0.3 is 15.1 Å². The van der Waals surface area contributed by atoms with E-state index >= 15 is 0 Å². The maximum atomic E-state index is 11.9. The lowest BCUT2D eigenvalue weighted by Crippen LogP contribution is -2.38. The number of nitrogens with one attached hydrogen (secondary N) is 2. The number of hydrogen-bond acceptors (Lipinski definition) is 3. The molecule has 2 aromatic rings. The molecule has 1 aromatic heterocycles. The van der Waals surface area contributed by atoms with Crippen molar-refractivity contribution in [2.24, 2.45) is 0 Å². The Labute approximate surface area is 143 Å². The van der Waals surface area contributed by atoms with Gasteiger partial charge in [-0.05, 0) is 40.0 Å². The van der Waals surface area contributed by atoms with Gasteiger partial charge in [0.05, 0.1) is 6.54 Å². The topological polar surface area (TPSA) is 71.3 Å². The highest BCUT2D eigenvalue weighted by Gasteiger charge is 2.13. The Hall–Kier alpha value is -2.08. The normalized spacial score (nSPS) is 11.7. The van der Waals surface area contributed by atoms with Gasteiger partial charge in [-0.2, -0.15) is 0 Å². The molecule has 0 spiro atoms. The van der Waals surface area contributed by atoms with Gasteiger partial charge in [0.15, 0.2) is 10.4 Å². The van der Waals surface area contributed by atoms with Crippen molar-refractivity contribution in [2.75, 3.05) is 13.1 Å². The molecular weight excluding hydrogens is 360 g/mol. The van der Waals surface area contributed by atoms with Gasteiger partial charge in [-0.25, -0.2) is 0 Å². The summed E-state index contributed by atoms with van der Waals surface area (Å²) in [5, 5.41) is 5.38. The molecule has 122 valence electrons. The summed E-state index contributed by atoms with van der Waals surface area (Å²) in [6.07, 6.45) is 0.928. The molecule has 2 rings (SSSR count). The molecule has 0 unspecified atom stereocenters. The van der Waals surface area contributed by atoms with E-state index in [1.807, 2.05) is 18.2 Å². The fourth-order valence-electron chi connectivity index (χ4n) is 2.21. The first-order chi connectivity index (χ1) is 11.1. The second-order valence-corrected chi connectivity index (χ2v) is 5.89. The van der Waals surface area contributed by atoms with Crippen LogP contribution < -0.4 is 10.6 Å². The molecule has 0 saturated heterocycles. The van der Waals surface area contributed by atoms with Crippen molar-refractivity contribution in [3.8, 4) is 0 Å². The summed E-state index contributed by atoms with van der Waals surface area (Å²) in [6, 6.07) is 13.2. The van der Waals surface area contributed by atoms with Gasteiger partial charge in [-0.3, -0.25) is 9.59 Å². The van der Waals surface area contributed by atoms with Gasteiger partial charge >= 0.3 is 0 Å². The van der Waals surface area contributed by atoms with Crippen LogP contribution in [-0.4, -0.2) is 24.9 Å². The van der Waals surface area contributed by atoms with E-state index in [1.54, 1.807) is 12.1 Å². The standard InChI is InChI=1S/C17H19BrN2O3/c1-2-12(13-6-4-3-5-7-13)10-19-16(21)11-20-17(22)14-8-9-15(18)23-14/h3-9,12H,2,10-11H2,1H3,(H,19,21)(H,20,22)/t12-/m1/s1. The zero-order valence-corrected chi connectivity index (χ0v) is 14.4. The van der Waals surface area contributed by atoms with Crippen LogP contribution in [0.2, 0.25) is 0 Å². The quantitative estimate of drug-likeness (QED) is 0.777. The molecule has 0 aliphatic carbocycles. The number of amides is 2. The van der Waals surface area contributed by atoms with Crippen molar-refractivity contribution in [3.05, 3.63) is 58.5 Å². The summed E-state index contributed by atoms with van der Waals surface area (Å²) in [7, 11) is 0. The SMILES string of the molecule is CC[C@H](CNC(=O)CNC(=O)c1ccc(Br)o1)c1ccccc1. The molecule has 5 nitrogen and oxygen atoms in total. The Kier molecular flexibility index (Phi) is 6.40. The predicted molar refractivity (Wildman–Crippen MR) is 91.2 cm³/mol. The van der Waals surface area contributed by atoms with Gasteiger partial charge in [0.25, 0.3) is 5.91 Å². The van der Waals surface area contributed by atoms with Crippen molar-refractivity contribution in [3.63, 3.8) is 0 Å². The van der Waals surface area contributed by atoms with E-state index in [1.165, 1.54) is 5.56 Å². The molecule has 0 bridgehead atoms. The molecule has 0 aliphatic heterocycles. The minimum absolute atomic E-state index is 0.0810. The van der Waals surface area contributed by atoms with Crippen LogP contribution in [0.5, 0.6) is 0 Å². The Morgan fingerprint density at radius 3 is 2.48 bits per heavy atom. The monoisotopic (exact) mass is 378 g/mol. The highest BCUT2D eigenvalue weighted by molar-refractivity contribution is 9.10. The summed E-state index contributed by atoms with van der Waals surface area (Å²) in [5.74, 6) is -0.212. The van der Waals surface area contributed by atoms with Crippen LogP contribution in [0.1, 0.15) is 35.4 Å². The average molecular weight is 379 g/mol. The maximum absolute atomic E-state index is 11.9. The van der Waals surface area contributed by atoms with Crippen LogP contribution >= 0.6 is 15.9 Å². The van der Waals surface area contributed by atoms with Gasteiger partial charge in [-0.1, -0.05) is 37.3 Å². The van der Waals surface area contributed by atoms with Gasteiger partial charge in [-0.15, -0.1) is 0 Å². The van der Waals surface area contributed by atoms with Crippen molar-refractivity contribution in [1.29, 1.82) is 0 Å². The van der Waals surface area contributed by atoms with Crippen LogP contribution in [-0.2, 0) is 4.79 Å². The van der Waals surface area contributed by atoms with E-state index in [4.69, 9.17) is 4.42 Å². The van der Waals surface area contributed by atoms with E-state index in [-0.39, 0.29) is 24.1 Å². The van der Waals surface area contributed by atoms with E-state index in [0.717, 1.165) is 6.42 Å². The van der Waals surface area contributed by atoms with Gasteiger partial charge in [0, 0.05) is 12.5 Å². The minimum atomic E-state index is -0.416. The van der Waals surface area contributed by atoms with E-state index < -0.39 is 5.91 Å². The first-order valence-electron chi connectivity index (χ1n) is 7.45. The predicted octanol–water partition coefficient (Wildman–Crippen LogP) is 3.08.